The number of hydrogen-bond acceptors (Lipinski definition) is 5. The first kappa shape index (κ1) is 17.4. The Bertz CT molecular complexity index is 563. The van der Waals surface area contributed by atoms with Crippen LogP contribution < -0.4 is 15.8 Å². The fraction of sp³-hybridized carbons (Fsp3) is 0.538. The topological polar surface area (TPSA) is 114 Å². The summed E-state index contributed by atoms with van der Waals surface area (Å²) >= 11 is 0. The molecule has 0 unspecified atom stereocenters. The number of primary sulfonamides is 1. The van der Waals surface area contributed by atoms with Gasteiger partial charge in [0.25, 0.3) is 5.91 Å². The predicted molar refractivity (Wildman–Crippen MR) is 82.7 cm³/mol. The molecule has 0 aliphatic heterocycles. The molecule has 0 atom stereocenters. The molecule has 0 spiro atoms. The average molecular weight is 314 g/mol. The van der Waals surface area contributed by atoms with E-state index < -0.39 is 10.0 Å². The van der Waals surface area contributed by atoms with Crippen molar-refractivity contribution in [1.82, 2.24) is 10.3 Å². The smallest absolute Gasteiger partial charge is 0.251 e. The van der Waals surface area contributed by atoms with Crippen molar-refractivity contribution in [3.63, 3.8) is 0 Å². The molecule has 4 N–H and O–H groups in total. The fourth-order valence-electron chi connectivity index (χ4n) is 1.78. The highest BCUT2D eigenvalue weighted by Crippen LogP contribution is 2.12. The van der Waals surface area contributed by atoms with E-state index in [4.69, 9.17) is 5.14 Å². The van der Waals surface area contributed by atoms with Gasteiger partial charge < -0.3 is 10.6 Å². The van der Waals surface area contributed by atoms with Crippen molar-refractivity contribution < 1.29 is 13.2 Å². The van der Waals surface area contributed by atoms with E-state index >= 15 is 0 Å². The first-order valence-electron chi connectivity index (χ1n) is 6.89. The van der Waals surface area contributed by atoms with Crippen LogP contribution in [0.4, 0.5) is 5.82 Å². The second-order valence-corrected chi connectivity index (χ2v) is 6.37. The molecule has 0 aliphatic rings. The predicted octanol–water partition coefficient (Wildman–Crippen LogP) is 0.484. The van der Waals surface area contributed by atoms with Crippen LogP contribution >= 0.6 is 0 Å². The summed E-state index contributed by atoms with van der Waals surface area (Å²) in [6.45, 7) is 4.67. The molecular weight excluding hydrogens is 292 g/mol. The van der Waals surface area contributed by atoms with Crippen LogP contribution in [0.5, 0.6) is 0 Å². The first-order chi connectivity index (χ1) is 9.85. The van der Waals surface area contributed by atoms with Crippen LogP contribution in [0.15, 0.2) is 12.1 Å². The average Bonchev–Trinajstić information content (AvgIpc) is 2.37. The Morgan fingerprint density at radius 1 is 1.33 bits per heavy atom. The van der Waals surface area contributed by atoms with Gasteiger partial charge in [-0.1, -0.05) is 13.3 Å². The van der Waals surface area contributed by atoms with E-state index in [0.717, 1.165) is 18.5 Å². The monoisotopic (exact) mass is 314 g/mol. The minimum atomic E-state index is -3.57. The standard InChI is InChI=1S/C13H22N4O3S/c1-3-5-11-8-10(9-12(17-11)15-4-2)13(18)16-6-7-21(14,19)20/h8-9H,3-7H2,1-2H3,(H,15,17)(H,16,18)(H2,14,19,20). The number of nitrogens with two attached hydrogens (primary N) is 1. The molecule has 21 heavy (non-hydrogen) atoms. The van der Waals surface area contributed by atoms with Crippen LogP contribution in [0.1, 0.15) is 36.3 Å². The second-order valence-electron chi connectivity index (χ2n) is 4.64. The Hall–Kier alpha value is -1.67. The maximum atomic E-state index is 12.0. The Labute approximate surface area is 125 Å². The van der Waals surface area contributed by atoms with Crippen LogP contribution in [0.2, 0.25) is 0 Å². The van der Waals surface area contributed by atoms with Crippen molar-refractivity contribution in [1.29, 1.82) is 0 Å². The third kappa shape index (κ3) is 6.54. The third-order valence-corrected chi connectivity index (χ3v) is 3.45. The lowest BCUT2D eigenvalue weighted by Gasteiger charge is -2.10. The Morgan fingerprint density at radius 2 is 2.05 bits per heavy atom. The summed E-state index contributed by atoms with van der Waals surface area (Å²) in [5, 5.41) is 10.5. The zero-order valence-electron chi connectivity index (χ0n) is 12.3. The van der Waals surface area contributed by atoms with Crippen LogP contribution in [0, 0.1) is 0 Å². The molecule has 1 rings (SSSR count). The van der Waals surface area contributed by atoms with Crippen LogP contribution in [0.25, 0.3) is 0 Å². The van der Waals surface area contributed by atoms with Crippen LogP contribution in [-0.2, 0) is 16.4 Å². The van der Waals surface area contributed by atoms with Gasteiger partial charge in [-0.25, -0.2) is 18.5 Å². The number of sulfonamides is 1. The molecule has 7 nitrogen and oxygen atoms in total. The van der Waals surface area contributed by atoms with E-state index in [9.17, 15) is 13.2 Å². The van der Waals surface area contributed by atoms with Crippen molar-refractivity contribution >= 4 is 21.7 Å². The second kappa shape index (κ2) is 7.94. The van der Waals surface area contributed by atoms with Crippen molar-refractivity contribution in [2.24, 2.45) is 5.14 Å². The minimum absolute atomic E-state index is 0.0142. The van der Waals surface area contributed by atoms with Gasteiger partial charge in [0.1, 0.15) is 5.82 Å². The molecule has 0 saturated heterocycles. The van der Waals surface area contributed by atoms with Gasteiger partial charge >= 0.3 is 0 Å². The van der Waals surface area contributed by atoms with E-state index in [1.165, 1.54) is 0 Å². The number of aryl methyl sites for hydroxylation is 1. The zero-order chi connectivity index (χ0) is 15.9. The molecule has 1 aromatic rings. The number of nitrogens with one attached hydrogen (secondary N) is 2. The number of carbonyl (C=O) groups excluding carboxylic acids is 1. The van der Waals surface area contributed by atoms with E-state index in [1.807, 2.05) is 13.8 Å². The molecule has 0 aliphatic carbocycles. The van der Waals surface area contributed by atoms with Gasteiger partial charge in [-0.2, -0.15) is 0 Å². The lowest BCUT2D eigenvalue weighted by Crippen LogP contribution is -2.31. The number of carbonyl (C=O) groups is 1. The fourth-order valence-corrected chi connectivity index (χ4v) is 2.17. The molecule has 1 aromatic heterocycles. The number of rotatable bonds is 8. The minimum Gasteiger partial charge on any atom is -0.370 e. The van der Waals surface area contributed by atoms with Gasteiger partial charge in [0, 0.05) is 24.3 Å². The molecule has 118 valence electrons. The maximum Gasteiger partial charge on any atom is 0.251 e. The van der Waals surface area contributed by atoms with Gasteiger partial charge in [0.2, 0.25) is 10.0 Å². The summed E-state index contributed by atoms with van der Waals surface area (Å²) in [5.74, 6) is 0.0173. The molecule has 1 heterocycles. The van der Waals surface area contributed by atoms with E-state index in [1.54, 1.807) is 12.1 Å². The van der Waals surface area contributed by atoms with Gasteiger partial charge in [-0.15, -0.1) is 0 Å². The summed E-state index contributed by atoms with van der Waals surface area (Å²) < 4.78 is 21.7. The van der Waals surface area contributed by atoms with Crippen molar-refractivity contribution in [2.45, 2.75) is 26.7 Å². The lowest BCUT2D eigenvalue weighted by molar-refractivity contribution is 0.0956. The van der Waals surface area contributed by atoms with Crippen LogP contribution in [-0.4, -0.2) is 38.2 Å². The van der Waals surface area contributed by atoms with Gasteiger partial charge in [0.05, 0.1) is 5.75 Å². The van der Waals surface area contributed by atoms with Gasteiger partial charge in [-0.05, 0) is 25.5 Å². The molecule has 0 fully saturated rings. The molecule has 0 bridgehead atoms. The highest BCUT2D eigenvalue weighted by molar-refractivity contribution is 7.89. The number of amides is 1. The van der Waals surface area contributed by atoms with Crippen molar-refractivity contribution in [2.75, 3.05) is 24.2 Å². The van der Waals surface area contributed by atoms with Gasteiger partial charge in [-0.3, -0.25) is 4.79 Å². The van der Waals surface area contributed by atoms with E-state index in [2.05, 4.69) is 15.6 Å². The number of hydrogen-bond donors (Lipinski definition) is 3. The summed E-state index contributed by atoms with van der Waals surface area (Å²) in [6, 6.07) is 3.37. The molecule has 8 heteroatoms. The van der Waals surface area contributed by atoms with Crippen molar-refractivity contribution in [3.05, 3.63) is 23.4 Å². The highest BCUT2D eigenvalue weighted by atomic mass is 32.2. The lowest BCUT2D eigenvalue weighted by atomic mass is 10.1. The summed E-state index contributed by atoms with van der Waals surface area (Å²) in [4.78, 5) is 16.4. The summed E-state index contributed by atoms with van der Waals surface area (Å²) in [7, 11) is -3.57. The van der Waals surface area contributed by atoms with E-state index in [0.29, 0.717) is 17.9 Å². The van der Waals surface area contributed by atoms with Gasteiger partial charge in [0.15, 0.2) is 0 Å². The van der Waals surface area contributed by atoms with Crippen LogP contribution in [0.3, 0.4) is 0 Å². The molecular formula is C13H22N4O3S. The Morgan fingerprint density at radius 3 is 2.62 bits per heavy atom. The molecule has 0 aromatic carbocycles. The number of pyridine rings is 1. The van der Waals surface area contributed by atoms with E-state index in [-0.39, 0.29) is 18.2 Å². The summed E-state index contributed by atoms with van der Waals surface area (Å²) in [6.07, 6.45) is 1.70. The number of nitrogens with zero attached hydrogens (tertiary/aromatic N) is 1. The quantitative estimate of drug-likeness (QED) is 0.646. The largest absolute Gasteiger partial charge is 0.370 e. The number of anilines is 1. The molecule has 0 saturated carbocycles. The Kier molecular flexibility index (Phi) is 6.57. The molecule has 1 amide bonds. The normalized spacial score (nSPS) is 11.2. The number of aromatic nitrogens is 1. The summed E-state index contributed by atoms with van der Waals surface area (Å²) in [5.41, 5.74) is 1.28. The first-order valence-corrected chi connectivity index (χ1v) is 8.60. The Balaban J connectivity index is 2.81. The van der Waals surface area contributed by atoms with Crippen molar-refractivity contribution in [3.8, 4) is 0 Å². The third-order valence-electron chi connectivity index (χ3n) is 2.68. The zero-order valence-corrected chi connectivity index (χ0v) is 13.2. The maximum absolute atomic E-state index is 12.0. The molecule has 0 radical (unpaired) electrons. The SMILES string of the molecule is CCCc1cc(C(=O)NCCS(N)(=O)=O)cc(NCC)n1. The highest BCUT2D eigenvalue weighted by Gasteiger charge is 2.11.